The fraction of sp³-hybridized carbons (Fsp3) is 0.500. The molecule has 0 amide bonds. The van der Waals surface area contributed by atoms with E-state index in [4.69, 9.17) is 5.73 Å². The molecule has 16 heavy (non-hydrogen) atoms. The van der Waals surface area contributed by atoms with Crippen molar-refractivity contribution < 1.29 is 0 Å². The van der Waals surface area contributed by atoms with Gasteiger partial charge in [-0.2, -0.15) is 11.8 Å². The molecule has 0 atom stereocenters. The highest BCUT2D eigenvalue weighted by atomic mass is 79.9. The molecular weight excluding hydrogens is 284 g/mol. The highest BCUT2D eigenvalue weighted by Crippen LogP contribution is 2.43. The zero-order valence-corrected chi connectivity index (χ0v) is 11.8. The number of rotatable bonds is 4. The molecule has 1 aliphatic rings. The van der Waals surface area contributed by atoms with Crippen LogP contribution in [0.1, 0.15) is 19.3 Å². The summed E-state index contributed by atoms with van der Waals surface area (Å²) in [5.41, 5.74) is 7.81. The summed E-state index contributed by atoms with van der Waals surface area (Å²) < 4.78 is 1.47. The van der Waals surface area contributed by atoms with Gasteiger partial charge in [0.2, 0.25) is 0 Å². The lowest BCUT2D eigenvalue weighted by Gasteiger charge is -2.40. The van der Waals surface area contributed by atoms with Crippen LogP contribution in [0, 0.1) is 0 Å². The van der Waals surface area contributed by atoms with Crippen LogP contribution in [-0.2, 0) is 0 Å². The number of hydrogen-bond acceptors (Lipinski definition) is 3. The highest BCUT2D eigenvalue weighted by Gasteiger charge is 2.35. The molecule has 0 aliphatic heterocycles. The molecule has 1 aliphatic carbocycles. The smallest absolute Gasteiger partial charge is 0.0575 e. The molecule has 0 unspecified atom stereocenters. The standard InChI is InChI=1S/C12H17BrN2S/c1-16-12(5-2-6-12)8-15-11-4-3-9(13)7-10(11)14/h3-4,7,15H,2,5-6,8,14H2,1H3. The first-order chi connectivity index (χ1) is 7.65. The maximum absolute atomic E-state index is 5.95. The van der Waals surface area contributed by atoms with Crippen molar-refractivity contribution in [3.63, 3.8) is 0 Å². The van der Waals surface area contributed by atoms with Gasteiger partial charge in [-0.25, -0.2) is 0 Å². The minimum Gasteiger partial charge on any atom is -0.397 e. The van der Waals surface area contributed by atoms with Crippen molar-refractivity contribution in [1.82, 2.24) is 0 Å². The van der Waals surface area contributed by atoms with Crippen molar-refractivity contribution in [2.45, 2.75) is 24.0 Å². The predicted molar refractivity (Wildman–Crippen MR) is 77.1 cm³/mol. The molecule has 0 spiro atoms. The number of nitrogen functional groups attached to an aromatic ring is 1. The van der Waals surface area contributed by atoms with Crippen LogP contribution in [0.4, 0.5) is 11.4 Å². The van der Waals surface area contributed by atoms with Crippen molar-refractivity contribution >= 4 is 39.1 Å². The second kappa shape index (κ2) is 4.88. The number of halogens is 1. The van der Waals surface area contributed by atoms with E-state index >= 15 is 0 Å². The van der Waals surface area contributed by atoms with E-state index in [9.17, 15) is 0 Å². The van der Waals surface area contributed by atoms with Gasteiger partial charge in [0.1, 0.15) is 0 Å². The van der Waals surface area contributed by atoms with Gasteiger partial charge in [0.15, 0.2) is 0 Å². The molecule has 1 aromatic carbocycles. The van der Waals surface area contributed by atoms with Crippen LogP contribution in [0.5, 0.6) is 0 Å². The van der Waals surface area contributed by atoms with Crippen LogP contribution in [0.3, 0.4) is 0 Å². The summed E-state index contributed by atoms with van der Waals surface area (Å²) in [5, 5.41) is 3.47. The summed E-state index contributed by atoms with van der Waals surface area (Å²) in [5.74, 6) is 0. The Bertz CT molecular complexity index is 372. The average molecular weight is 301 g/mol. The Morgan fingerprint density at radius 2 is 2.25 bits per heavy atom. The summed E-state index contributed by atoms with van der Waals surface area (Å²) in [4.78, 5) is 0. The molecular formula is C12H17BrN2S. The van der Waals surface area contributed by atoms with Crippen molar-refractivity contribution in [3.8, 4) is 0 Å². The molecule has 0 heterocycles. The minimum absolute atomic E-state index is 0.444. The van der Waals surface area contributed by atoms with E-state index in [0.29, 0.717) is 4.75 Å². The minimum atomic E-state index is 0.444. The summed E-state index contributed by atoms with van der Waals surface area (Å²) in [6, 6.07) is 5.99. The largest absolute Gasteiger partial charge is 0.397 e. The van der Waals surface area contributed by atoms with E-state index in [1.165, 1.54) is 19.3 Å². The van der Waals surface area contributed by atoms with Gasteiger partial charge in [0, 0.05) is 15.8 Å². The van der Waals surface area contributed by atoms with E-state index in [1.807, 2.05) is 30.0 Å². The van der Waals surface area contributed by atoms with Gasteiger partial charge in [-0.05, 0) is 37.3 Å². The van der Waals surface area contributed by atoms with Gasteiger partial charge in [0.05, 0.1) is 11.4 Å². The van der Waals surface area contributed by atoms with Gasteiger partial charge in [-0.1, -0.05) is 22.4 Å². The average Bonchev–Trinajstić information content (AvgIpc) is 2.19. The molecule has 0 saturated heterocycles. The third kappa shape index (κ3) is 2.48. The van der Waals surface area contributed by atoms with Crippen LogP contribution >= 0.6 is 27.7 Å². The maximum Gasteiger partial charge on any atom is 0.0575 e. The first kappa shape index (κ1) is 12.1. The third-order valence-electron chi connectivity index (χ3n) is 3.31. The van der Waals surface area contributed by atoms with Crippen molar-refractivity contribution in [2.24, 2.45) is 0 Å². The fourth-order valence-electron chi connectivity index (χ4n) is 1.98. The summed E-state index contributed by atoms with van der Waals surface area (Å²) in [6.45, 7) is 1.01. The van der Waals surface area contributed by atoms with Crippen LogP contribution in [0.15, 0.2) is 22.7 Å². The van der Waals surface area contributed by atoms with Gasteiger partial charge in [0.25, 0.3) is 0 Å². The molecule has 0 aromatic heterocycles. The van der Waals surface area contributed by atoms with E-state index in [0.717, 1.165) is 22.4 Å². The van der Waals surface area contributed by atoms with Crippen LogP contribution in [-0.4, -0.2) is 17.5 Å². The Kier molecular flexibility index (Phi) is 3.70. The number of thioether (sulfide) groups is 1. The lowest BCUT2D eigenvalue weighted by molar-refractivity contribution is 0.380. The normalized spacial score (nSPS) is 17.9. The number of nitrogens with one attached hydrogen (secondary N) is 1. The van der Waals surface area contributed by atoms with Crippen molar-refractivity contribution in [2.75, 3.05) is 23.9 Å². The van der Waals surface area contributed by atoms with E-state index in [2.05, 4.69) is 27.5 Å². The van der Waals surface area contributed by atoms with Gasteiger partial charge >= 0.3 is 0 Å². The number of hydrogen-bond donors (Lipinski definition) is 2. The topological polar surface area (TPSA) is 38.0 Å². The Labute approximate surface area is 109 Å². The Balaban J connectivity index is 1.99. The molecule has 88 valence electrons. The lowest BCUT2D eigenvalue weighted by Crippen LogP contribution is -2.40. The number of anilines is 2. The van der Waals surface area contributed by atoms with Crippen LogP contribution in [0.25, 0.3) is 0 Å². The van der Waals surface area contributed by atoms with Gasteiger partial charge in [-0.3, -0.25) is 0 Å². The van der Waals surface area contributed by atoms with Crippen LogP contribution < -0.4 is 11.1 Å². The fourth-order valence-corrected chi connectivity index (χ4v) is 3.27. The highest BCUT2D eigenvalue weighted by molar-refractivity contribution is 9.10. The Morgan fingerprint density at radius 3 is 2.75 bits per heavy atom. The summed E-state index contributed by atoms with van der Waals surface area (Å²) >= 11 is 5.39. The monoisotopic (exact) mass is 300 g/mol. The molecule has 2 rings (SSSR count). The zero-order valence-electron chi connectivity index (χ0n) is 9.42. The summed E-state index contributed by atoms with van der Waals surface area (Å²) in [6.07, 6.45) is 6.19. The van der Waals surface area contributed by atoms with E-state index in [-0.39, 0.29) is 0 Å². The molecule has 1 fully saturated rings. The molecule has 2 nitrogen and oxygen atoms in total. The number of nitrogens with two attached hydrogens (primary N) is 1. The van der Waals surface area contributed by atoms with Crippen LogP contribution in [0.2, 0.25) is 0 Å². The zero-order chi connectivity index (χ0) is 11.6. The van der Waals surface area contributed by atoms with Crippen molar-refractivity contribution in [3.05, 3.63) is 22.7 Å². The van der Waals surface area contributed by atoms with Crippen molar-refractivity contribution in [1.29, 1.82) is 0 Å². The first-order valence-electron chi connectivity index (χ1n) is 5.49. The maximum atomic E-state index is 5.95. The lowest BCUT2D eigenvalue weighted by atomic mass is 9.84. The molecule has 0 bridgehead atoms. The van der Waals surface area contributed by atoms with E-state index in [1.54, 1.807) is 0 Å². The molecule has 1 saturated carbocycles. The second-order valence-corrected chi connectivity index (χ2v) is 6.52. The molecule has 1 aromatic rings. The Hall–Kier alpha value is -0.350. The SMILES string of the molecule is CSC1(CNc2ccc(Br)cc2N)CCC1. The first-order valence-corrected chi connectivity index (χ1v) is 7.51. The molecule has 0 radical (unpaired) electrons. The predicted octanol–water partition coefficient (Wildman–Crippen LogP) is 3.73. The van der Waals surface area contributed by atoms with Gasteiger partial charge < -0.3 is 11.1 Å². The third-order valence-corrected chi connectivity index (χ3v) is 5.22. The van der Waals surface area contributed by atoms with Gasteiger partial charge in [-0.15, -0.1) is 0 Å². The Morgan fingerprint density at radius 1 is 1.50 bits per heavy atom. The summed E-state index contributed by atoms with van der Waals surface area (Å²) in [7, 11) is 0. The molecule has 4 heteroatoms. The van der Waals surface area contributed by atoms with E-state index < -0.39 is 0 Å². The second-order valence-electron chi connectivity index (χ2n) is 4.33. The quantitative estimate of drug-likeness (QED) is 0.832. The number of benzene rings is 1. The molecule has 3 N–H and O–H groups in total.